The summed E-state index contributed by atoms with van der Waals surface area (Å²) in [6, 6.07) is 42.0. The number of thiophene rings is 1. The van der Waals surface area contributed by atoms with Crippen LogP contribution < -0.4 is 0 Å². The number of nitrogens with zero attached hydrogens (tertiary/aromatic N) is 1. The van der Waals surface area contributed by atoms with Crippen LogP contribution in [-0.4, -0.2) is 4.57 Å². The van der Waals surface area contributed by atoms with Crippen LogP contribution in [0.15, 0.2) is 120 Å². The number of hydrogen-bond donors (Lipinski definition) is 0. The maximum absolute atomic E-state index is 6.23. The number of fused-ring (bicyclic) bond motifs is 15. The highest BCUT2D eigenvalue weighted by atomic mass is 32.1. The molecular weight excluding hydrogens is 531 g/mol. The van der Waals surface area contributed by atoms with Crippen molar-refractivity contribution in [1.29, 1.82) is 0 Å². The van der Waals surface area contributed by atoms with Crippen molar-refractivity contribution >= 4 is 75.3 Å². The van der Waals surface area contributed by atoms with Gasteiger partial charge >= 0.3 is 0 Å². The fourth-order valence-electron chi connectivity index (χ4n) is 7.79. The largest absolute Gasteiger partial charge is 0.456 e. The standard InChI is InChI=1S/C39H25NOS/c1-39(2)28-15-7-3-12-24(28)33-34-25-13-4-8-16-29(25)40(22-19-20-31-27(21-22)23-11-5-9-17-30(23)41-31)37(34)35-26-14-6-10-18-32(26)42-38(35)36(33)39/h3-21H,1-2H3. The molecule has 0 unspecified atom stereocenters. The molecule has 10 rings (SSSR count). The first-order chi connectivity index (χ1) is 20.6. The van der Waals surface area contributed by atoms with Gasteiger partial charge in [0.1, 0.15) is 11.2 Å². The summed E-state index contributed by atoms with van der Waals surface area (Å²) in [4.78, 5) is 0. The second-order valence-electron chi connectivity index (χ2n) is 12.1. The third kappa shape index (κ3) is 2.66. The Morgan fingerprint density at radius 1 is 0.643 bits per heavy atom. The second-order valence-corrected chi connectivity index (χ2v) is 13.1. The van der Waals surface area contributed by atoms with Gasteiger partial charge in [-0.05, 0) is 58.7 Å². The van der Waals surface area contributed by atoms with Crippen LogP contribution in [0.2, 0.25) is 0 Å². The summed E-state index contributed by atoms with van der Waals surface area (Å²) in [5, 5.41) is 7.64. The molecule has 42 heavy (non-hydrogen) atoms. The van der Waals surface area contributed by atoms with E-state index in [1.54, 1.807) is 0 Å². The third-order valence-electron chi connectivity index (χ3n) is 9.55. The van der Waals surface area contributed by atoms with E-state index in [0.717, 1.165) is 27.6 Å². The van der Waals surface area contributed by atoms with Gasteiger partial charge in [0.15, 0.2) is 0 Å². The molecule has 0 fully saturated rings. The normalized spacial score (nSPS) is 14.1. The summed E-state index contributed by atoms with van der Waals surface area (Å²) in [7, 11) is 0. The Hall–Kier alpha value is -4.86. The highest BCUT2D eigenvalue weighted by molar-refractivity contribution is 7.26. The number of furan rings is 1. The second kappa shape index (κ2) is 7.70. The van der Waals surface area contributed by atoms with E-state index in [1.165, 1.54) is 64.2 Å². The summed E-state index contributed by atoms with van der Waals surface area (Å²) < 4.78 is 11.5. The molecule has 0 saturated carbocycles. The van der Waals surface area contributed by atoms with Crippen molar-refractivity contribution in [2.75, 3.05) is 0 Å². The van der Waals surface area contributed by atoms with Gasteiger partial charge in [-0.15, -0.1) is 11.3 Å². The van der Waals surface area contributed by atoms with E-state index in [1.807, 2.05) is 17.4 Å². The van der Waals surface area contributed by atoms with Crippen LogP contribution in [0, 0.1) is 0 Å². The number of rotatable bonds is 1. The van der Waals surface area contributed by atoms with E-state index >= 15 is 0 Å². The molecule has 1 aliphatic rings. The van der Waals surface area contributed by atoms with Gasteiger partial charge in [-0.25, -0.2) is 0 Å². The van der Waals surface area contributed by atoms with E-state index in [2.05, 4.69) is 128 Å². The number of hydrogen-bond acceptors (Lipinski definition) is 2. The van der Waals surface area contributed by atoms with Crippen molar-refractivity contribution in [2.24, 2.45) is 0 Å². The average Bonchev–Trinajstić information content (AvgIpc) is 3.74. The minimum Gasteiger partial charge on any atom is -0.456 e. The van der Waals surface area contributed by atoms with Crippen molar-refractivity contribution in [3.05, 3.63) is 126 Å². The molecule has 6 aromatic carbocycles. The summed E-state index contributed by atoms with van der Waals surface area (Å²) in [6.07, 6.45) is 0. The number of aromatic nitrogens is 1. The molecule has 0 amide bonds. The molecule has 3 heterocycles. The molecule has 0 spiro atoms. The van der Waals surface area contributed by atoms with Gasteiger partial charge in [-0.2, -0.15) is 0 Å². The average molecular weight is 556 g/mol. The SMILES string of the molecule is CC1(C)c2ccccc2-c2c1c1sc3ccccc3c1c1c2c2ccccc2n1-c1ccc2oc3ccccc3c2c1. The maximum atomic E-state index is 6.23. The smallest absolute Gasteiger partial charge is 0.135 e. The molecule has 2 nitrogen and oxygen atoms in total. The lowest BCUT2D eigenvalue weighted by Gasteiger charge is -2.22. The Morgan fingerprint density at radius 3 is 2.26 bits per heavy atom. The number of para-hydroxylation sites is 2. The Labute approximate surface area is 246 Å². The molecule has 0 saturated heterocycles. The predicted octanol–water partition coefficient (Wildman–Crippen LogP) is 11.4. The fraction of sp³-hybridized carbons (Fsp3) is 0.0769. The lowest BCUT2D eigenvalue weighted by atomic mass is 9.81. The van der Waals surface area contributed by atoms with E-state index in [9.17, 15) is 0 Å². The first-order valence-electron chi connectivity index (χ1n) is 14.5. The van der Waals surface area contributed by atoms with Crippen LogP contribution in [0.5, 0.6) is 0 Å². The van der Waals surface area contributed by atoms with Crippen molar-refractivity contribution in [3.8, 4) is 16.8 Å². The first-order valence-corrected chi connectivity index (χ1v) is 15.4. The molecular formula is C39H25NOS. The summed E-state index contributed by atoms with van der Waals surface area (Å²) >= 11 is 1.95. The van der Waals surface area contributed by atoms with Crippen molar-refractivity contribution < 1.29 is 4.42 Å². The van der Waals surface area contributed by atoms with Crippen molar-refractivity contribution in [3.63, 3.8) is 0 Å². The van der Waals surface area contributed by atoms with Crippen LogP contribution in [0.3, 0.4) is 0 Å². The highest BCUT2D eigenvalue weighted by Crippen LogP contribution is 2.58. The summed E-state index contributed by atoms with van der Waals surface area (Å²) in [5.41, 5.74) is 11.1. The molecule has 0 radical (unpaired) electrons. The summed E-state index contributed by atoms with van der Waals surface area (Å²) in [5.74, 6) is 0. The minimum atomic E-state index is -0.100. The zero-order valence-corrected chi connectivity index (χ0v) is 24.0. The summed E-state index contributed by atoms with van der Waals surface area (Å²) in [6.45, 7) is 4.81. The maximum Gasteiger partial charge on any atom is 0.135 e. The molecule has 0 N–H and O–H groups in total. The van der Waals surface area contributed by atoms with Crippen molar-refractivity contribution in [2.45, 2.75) is 19.3 Å². The lowest BCUT2D eigenvalue weighted by Crippen LogP contribution is -2.15. The molecule has 0 bridgehead atoms. The van der Waals surface area contributed by atoms with E-state index in [-0.39, 0.29) is 5.41 Å². The molecule has 3 aromatic heterocycles. The van der Waals surface area contributed by atoms with E-state index in [0.29, 0.717) is 0 Å². The molecule has 198 valence electrons. The first kappa shape index (κ1) is 22.8. The monoisotopic (exact) mass is 555 g/mol. The predicted molar refractivity (Wildman–Crippen MR) is 179 cm³/mol. The Kier molecular flexibility index (Phi) is 4.18. The van der Waals surface area contributed by atoms with Gasteiger partial charge in [-0.1, -0.05) is 92.7 Å². The molecule has 0 aliphatic heterocycles. The topological polar surface area (TPSA) is 18.1 Å². The highest BCUT2D eigenvalue weighted by Gasteiger charge is 2.40. The quantitative estimate of drug-likeness (QED) is 0.197. The molecule has 9 aromatic rings. The van der Waals surface area contributed by atoms with Gasteiger partial charge in [0, 0.05) is 52.8 Å². The van der Waals surface area contributed by atoms with E-state index < -0.39 is 0 Å². The molecule has 1 aliphatic carbocycles. The Balaban J connectivity index is 1.49. The van der Waals surface area contributed by atoms with Crippen LogP contribution in [-0.2, 0) is 5.41 Å². The van der Waals surface area contributed by atoms with E-state index in [4.69, 9.17) is 4.42 Å². The molecule has 0 atom stereocenters. The van der Waals surface area contributed by atoms with Gasteiger partial charge < -0.3 is 8.98 Å². The Morgan fingerprint density at radius 2 is 1.36 bits per heavy atom. The Bertz CT molecular complexity index is 2610. The van der Waals surface area contributed by atoms with Gasteiger partial charge in [0.25, 0.3) is 0 Å². The lowest BCUT2D eigenvalue weighted by molar-refractivity contribution is 0.667. The van der Waals surface area contributed by atoms with Gasteiger partial charge in [-0.3, -0.25) is 0 Å². The molecule has 3 heteroatoms. The van der Waals surface area contributed by atoms with Crippen LogP contribution in [0.25, 0.3) is 80.7 Å². The van der Waals surface area contributed by atoms with Crippen molar-refractivity contribution in [1.82, 2.24) is 4.57 Å². The number of benzene rings is 6. The van der Waals surface area contributed by atoms with Gasteiger partial charge in [0.2, 0.25) is 0 Å². The van der Waals surface area contributed by atoms with Gasteiger partial charge in [0.05, 0.1) is 11.0 Å². The zero-order chi connectivity index (χ0) is 27.7. The minimum absolute atomic E-state index is 0.100. The fourth-order valence-corrected chi connectivity index (χ4v) is 9.21. The third-order valence-corrected chi connectivity index (χ3v) is 10.7. The van der Waals surface area contributed by atoms with Crippen LogP contribution in [0.1, 0.15) is 25.0 Å². The zero-order valence-electron chi connectivity index (χ0n) is 23.2. The van der Waals surface area contributed by atoms with Crippen LogP contribution >= 0.6 is 11.3 Å². The van der Waals surface area contributed by atoms with Crippen LogP contribution in [0.4, 0.5) is 0 Å².